The molecule has 2 atom stereocenters. The molecule has 0 spiro atoms. The zero-order valence-corrected chi connectivity index (χ0v) is 20.4. The number of aliphatic imine (C=N–C) groups is 1. The number of amides is 1. The van der Waals surface area contributed by atoms with Crippen molar-refractivity contribution in [3.05, 3.63) is 71.9 Å². The molecule has 178 valence electrons. The second-order valence-electron chi connectivity index (χ2n) is 9.88. The molecule has 1 aromatic heterocycles. The smallest absolute Gasteiger partial charge is 0.419 e. The van der Waals surface area contributed by atoms with E-state index in [0.717, 1.165) is 34.2 Å². The van der Waals surface area contributed by atoms with Gasteiger partial charge in [-0.25, -0.2) is 4.79 Å². The Labute approximate surface area is 201 Å². The Hall–Kier alpha value is -3.41. The second kappa shape index (κ2) is 9.84. The summed E-state index contributed by atoms with van der Waals surface area (Å²) in [5, 5.41) is 4.05. The number of fused-ring (bicyclic) bond motifs is 1. The molecular formula is C28H33N3O3. The van der Waals surface area contributed by atoms with Gasteiger partial charge in [0.15, 0.2) is 0 Å². The van der Waals surface area contributed by atoms with Crippen LogP contribution in [0.25, 0.3) is 10.9 Å². The van der Waals surface area contributed by atoms with E-state index in [1.807, 2.05) is 81.6 Å². The highest BCUT2D eigenvalue weighted by Crippen LogP contribution is 2.31. The molecule has 6 nitrogen and oxygen atoms in total. The SMILES string of the molecule is CC[C@H]1CN=C(c2cn(C(=O)OC(C)(C)C)c3ccccc23)C[C@H]1C(=O)NCc1ccccc1. The van der Waals surface area contributed by atoms with Crippen molar-refractivity contribution in [3.63, 3.8) is 0 Å². The highest BCUT2D eigenvalue weighted by atomic mass is 16.6. The number of carbonyl (C=O) groups excluding carboxylic acids is 2. The summed E-state index contributed by atoms with van der Waals surface area (Å²) in [6, 6.07) is 17.7. The highest BCUT2D eigenvalue weighted by Gasteiger charge is 2.33. The average Bonchev–Trinajstić information content (AvgIpc) is 3.22. The van der Waals surface area contributed by atoms with Crippen molar-refractivity contribution in [2.75, 3.05) is 6.54 Å². The minimum Gasteiger partial charge on any atom is -0.443 e. The molecule has 6 heteroatoms. The van der Waals surface area contributed by atoms with E-state index in [9.17, 15) is 9.59 Å². The Morgan fingerprint density at radius 2 is 1.79 bits per heavy atom. The van der Waals surface area contributed by atoms with Gasteiger partial charge in [0.05, 0.1) is 5.52 Å². The summed E-state index contributed by atoms with van der Waals surface area (Å²) in [7, 11) is 0. The first-order valence-corrected chi connectivity index (χ1v) is 12.0. The molecule has 0 aliphatic carbocycles. The van der Waals surface area contributed by atoms with Gasteiger partial charge in [-0.05, 0) is 38.3 Å². The molecule has 1 aliphatic heterocycles. The van der Waals surface area contributed by atoms with Crippen molar-refractivity contribution in [1.29, 1.82) is 0 Å². The standard InChI is InChI=1S/C28H33N3O3/c1-5-20-17-29-24(15-22(20)26(32)30-16-19-11-7-6-8-12-19)23-18-31(27(33)34-28(2,3)4)25-14-10-9-13-21(23)25/h6-14,18,20,22H,5,15-17H2,1-4H3,(H,30,32)/t20-,22+/m0/s1. The largest absolute Gasteiger partial charge is 0.443 e. The third-order valence-electron chi connectivity index (χ3n) is 6.28. The van der Waals surface area contributed by atoms with E-state index in [0.29, 0.717) is 19.5 Å². The molecule has 0 fully saturated rings. The predicted molar refractivity (Wildman–Crippen MR) is 135 cm³/mol. The van der Waals surface area contributed by atoms with Gasteiger partial charge >= 0.3 is 6.09 Å². The number of hydrogen-bond acceptors (Lipinski definition) is 4. The van der Waals surface area contributed by atoms with E-state index in [1.165, 1.54) is 0 Å². The fourth-order valence-corrected chi connectivity index (χ4v) is 4.50. The van der Waals surface area contributed by atoms with Crippen LogP contribution in [-0.2, 0) is 16.1 Å². The summed E-state index contributed by atoms with van der Waals surface area (Å²) in [6.45, 7) is 8.78. The second-order valence-corrected chi connectivity index (χ2v) is 9.88. The van der Waals surface area contributed by atoms with Crippen LogP contribution in [0, 0.1) is 11.8 Å². The minimum atomic E-state index is -0.596. The Balaban J connectivity index is 1.60. The Morgan fingerprint density at radius 3 is 2.50 bits per heavy atom. The van der Waals surface area contributed by atoms with Crippen LogP contribution in [-0.4, -0.2) is 34.4 Å². The summed E-state index contributed by atoms with van der Waals surface area (Å²) in [6.07, 6.45) is 2.82. The summed E-state index contributed by atoms with van der Waals surface area (Å²) >= 11 is 0. The topological polar surface area (TPSA) is 72.7 Å². The summed E-state index contributed by atoms with van der Waals surface area (Å²) < 4.78 is 7.17. The first-order valence-electron chi connectivity index (χ1n) is 12.0. The summed E-state index contributed by atoms with van der Waals surface area (Å²) in [5.74, 6) is 0.0857. The van der Waals surface area contributed by atoms with Crippen LogP contribution in [0.1, 0.15) is 51.7 Å². The lowest BCUT2D eigenvalue weighted by atomic mass is 9.81. The first kappa shape index (κ1) is 23.7. The molecule has 0 bridgehead atoms. The van der Waals surface area contributed by atoms with Crippen molar-refractivity contribution < 1.29 is 14.3 Å². The fraction of sp³-hybridized carbons (Fsp3) is 0.393. The van der Waals surface area contributed by atoms with E-state index in [-0.39, 0.29) is 17.7 Å². The number of nitrogens with zero attached hydrogens (tertiary/aromatic N) is 2. The maximum absolute atomic E-state index is 13.2. The fourth-order valence-electron chi connectivity index (χ4n) is 4.50. The summed E-state index contributed by atoms with van der Waals surface area (Å²) in [5.41, 5.74) is 3.01. The lowest BCUT2D eigenvalue weighted by Crippen LogP contribution is -2.39. The number of aromatic nitrogens is 1. The van der Waals surface area contributed by atoms with Crippen LogP contribution in [0.2, 0.25) is 0 Å². The van der Waals surface area contributed by atoms with Gasteiger partial charge in [0.1, 0.15) is 5.60 Å². The van der Waals surface area contributed by atoms with Gasteiger partial charge in [0, 0.05) is 48.3 Å². The monoisotopic (exact) mass is 459 g/mol. The van der Waals surface area contributed by atoms with E-state index < -0.39 is 11.7 Å². The Morgan fingerprint density at radius 1 is 1.09 bits per heavy atom. The van der Waals surface area contributed by atoms with Crippen LogP contribution in [0.5, 0.6) is 0 Å². The molecule has 2 heterocycles. The molecule has 4 rings (SSSR count). The summed E-state index contributed by atoms with van der Waals surface area (Å²) in [4.78, 5) is 31.0. The van der Waals surface area contributed by atoms with E-state index in [1.54, 1.807) is 4.57 Å². The molecule has 1 N–H and O–H groups in total. The number of ether oxygens (including phenoxy) is 1. The molecule has 1 aliphatic rings. The maximum Gasteiger partial charge on any atom is 0.419 e. The van der Waals surface area contributed by atoms with Crippen molar-refractivity contribution >= 4 is 28.6 Å². The normalized spacial score (nSPS) is 18.4. The first-order chi connectivity index (χ1) is 16.3. The number of para-hydroxylation sites is 1. The van der Waals surface area contributed by atoms with Gasteiger partial charge in [-0.3, -0.25) is 14.4 Å². The number of rotatable bonds is 5. The van der Waals surface area contributed by atoms with Gasteiger partial charge in [-0.15, -0.1) is 0 Å². The molecule has 34 heavy (non-hydrogen) atoms. The molecule has 0 unspecified atom stereocenters. The van der Waals surface area contributed by atoms with Crippen molar-refractivity contribution in [2.45, 2.75) is 52.7 Å². The molecule has 1 amide bonds. The molecule has 0 saturated carbocycles. The van der Waals surface area contributed by atoms with Gasteiger partial charge in [0.2, 0.25) is 5.91 Å². The van der Waals surface area contributed by atoms with Gasteiger partial charge < -0.3 is 10.1 Å². The van der Waals surface area contributed by atoms with E-state index >= 15 is 0 Å². The quantitative estimate of drug-likeness (QED) is 0.542. The van der Waals surface area contributed by atoms with E-state index in [2.05, 4.69) is 12.2 Å². The van der Waals surface area contributed by atoms with Gasteiger partial charge in [-0.1, -0.05) is 61.9 Å². The predicted octanol–water partition coefficient (Wildman–Crippen LogP) is 5.58. The van der Waals surface area contributed by atoms with Crippen molar-refractivity contribution in [2.24, 2.45) is 16.8 Å². The third kappa shape index (κ3) is 5.22. The minimum absolute atomic E-state index is 0.0546. The van der Waals surface area contributed by atoms with Crippen LogP contribution in [0.3, 0.4) is 0 Å². The lowest BCUT2D eigenvalue weighted by Gasteiger charge is -2.29. The number of benzene rings is 2. The molecule has 3 aromatic rings. The molecule has 2 aromatic carbocycles. The molecule has 0 radical (unpaired) electrons. The molecular weight excluding hydrogens is 426 g/mol. The van der Waals surface area contributed by atoms with Crippen LogP contribution >= 0.6 is 0 Å². The van der Waals surface area contributed by atoms with Gasteiger partial charge in [-0.2, -0.15) is 0 Å². The Kier molecular flexibility index (Phi) is 6.87. The zero-order chi connectivity index (χ0) is 24.3. The van der Waals surface area contributed by atoms with Crippen LogP contribution in [0.4, 0.5) is 4.79 Å². The van der Waals surface area contributed by atoms with Crippen LogP contribution in [0.15, 0.2) is 65.8 Å². The number of nitrogens with one attached hydrogen (secondary N) is 1. The number of carbonyl (C=O) groups is 2. The maximum atomic E-state index is 13.2. The van der Waals surface area contributed by atoms with Gasteiger partial charge in [0.25, 0.3) is 0 Å². The van der Waals surface area contributed by atoms with Crippen molar-refractivity contribution in [3.8, 4) is 0 Å². The van der Waals surface area contributed by atoms with E-state index in [4.69, 9.17) is 9.73 Å². The Bertz CT molecular complexity index is 1200. The van der Waals surface area contributed by atoms with Crippen molar-refractivity contribution in [1.82, 2.24) is 9.88 Å². The highest BCUT2D eigenvalue weighted by molar-refractivity contribution is 6.13. The lowest BCUT2D eigenvalue weighted by molar-refractivity contribution is -0.126. The van der Waals surface area contributed by atoms with Crippen LogP contribution < -0.4 is 5.32 Å². The third-order valence-corrected chi connectivity index (χ3v) is 6.28. The zero-order valence-electron chi connectivity index (χ0n) is 20.4. The average molecular weight is 460 g/mol. The number of hydrogen-bond donors (Lipinski definition) is 1. The molecule has 0 saturated heterocycles.